The normalized spacial score (nSPS) is 13.7. The molecule has 0 bridgehead atoms. The van der Waals surface area contributed by atoms with Crippen LogP contribution in [0.2, 0.25) is 10.0 Å². The summed E-state index contributed by atoms with van der Waals surface area (Å²) in [5.41, 5.74) is 2.09. The van der Waals surface area contributed by atoms with E-state index in [1.54, 1.807) is 17.0 Å². The van der Waals surface area contributed by atoms with E-state index in [-0.39, 0.29) is 20.8 Å². The summed E-state index contributed by atoms with van der Waals surface area (Å²) in [5.74, 6) is -0.0772. The molecule has 1 N–H and O–H groups in total. The first kappa shape index (κ1) is 17.1. The molecule has 3 rings (SSSR count). The third kappa shape index (κ3) is 3.22. The van der Waals surface area contributed by atoms with Crippen molar-refractivity contribution in [2.24, 2.45) is 0 Å². The average molecular weight is 385 g/mol. The smallest absolute Gasteiger partial charge is 0.263 e. The van der Waals surface area contributed by atoms with Gasteiger partial charge in [0.2, 0.25) is 5.91 Å². The molecular weight excluding hydrogens is 371 g/mol. The van der Waals surface area contributed by atoms with Crippen LogP contribution in [0.1, 0.15) is 12.5 Å². The maximum Gasteiger partial charge on any atom is 0.263 e. The first-order valence-corrected chi connectivity index (χ1v) is 9.41. The summed E-state index contributed by atoms with van der Waals surface area (Å²) in [7, 11) is -3.89. The van der Waals surface area contributed by atoms with E-state index >= 15 is 0 Å². The van der Waals surface area contributed by atoms with E-state index in [0.717, 1.165) is 17.7 Å². The zero-order chi connectivity index (χ0) is 17.5. The molecule has 0 spiro atoms. The van der Waals surface area contributed by atoms with E-state index in [1.807, 2.05) is 6.07 Å². The lowest BCUT2D eigenvalue weighted by molar-refractivity contribution is -0.116. The Morgan fingerprint density at radius 2 is 1.92 bits per heavy atom. The zero-order valence-corrected chi connectivity index (χ0v) is 15.0. The van der Waals surface area contributed by atoms with Crippen LogP contribution >= 0.6 is 23.2 Å². The van der Waals surface area contributed by atoms with Gasteiger partial charge in [-0.3, -0.25) is 9.52 Å². The number of amides is 1. The minimum Gasteiger partial charge on any atom is -0.312 e. The van der Waals surface area contributed by atoms with Gasteiger partial charge in [0.25, 0.3) is 10.0 Å². The molecule has 0 fully saturated rings. The number of carbonyl (C=O) groups excluding carboxylic acids is 1. The van der Waals surface area contributed by atoms with Crippen LogP contribution in [0, 0.1) is 0 Å². The molecule has 1 heterocycles. The number of halogens is 2. The second kappa shape index (κ2) is 6.27. The fraction of sp³-hybridized carbons (Fsp3) is 0.188. The van der Waals surface area contributed by atoms with Crippen LogP contribution < -0.4 is 9.62 Å². The molecule has 0 saturated heterocycles. The van der Waals surface area contributed by atoms with E-state index in [4.69, 9.17) is 23.2 Å². The van der Waals surface area contributed by atoms with Crippen LogP contribution in [0.15, 0.2) is 41.3 Å². The maximum atomic E-state index is 12.6. The van der Waals surface area contributed by atoms with Gasteiger partial charge in [-0.15, -0.1) is 0 Å². The SMILES string of the molecule is CC(=O)N1CCc2ccc(NS(=O)(=O)c3cc(Cl)ccc3Cl)cc21. The predicted octanol–water partition coefficient (Wildman–Crippen LogP) is 3.70. The number of sulfonamides is 1. The Bertz CT molecular complexity index is 929. The van der Waals surface area contributed by atoms with Crippen molar-refractivity contribution in [3.05, 3.63) is 52.0 Å². The van der Waals surface area contributed by atoms with Crippen molar-refractivity contribution in [1.82, 2.24) is 0 Å². The summed E-state index contributed by atoms with van der Waals surface area (Å²) < 4.78 is 27.6. The topological polar surface area (TPSA) is 66.5 Å². The fourth-order valence-corrected chi connectivity index (χ4v) is 4.48. The van der Waals surface area contributed by atoms with Gasteiger partial charge in [0.15, 0.2) is 0 Å². The van der Waals surface area contributed by atoms with Crippen LogP contribution in [-0.4, -0.2) is 20.9 Å². The van der Waals surface area contributed by atoms with Gasteiger partial charge in [-0.2, -0.15) is 0 Å². The second-order valence-corrected chi connectivity index (χ2v) is 7.94. The Labute approximate surface area is 150 Å². The third-order valence-electron chi connectivity index (χ3n) is 3.80. The molecule has 1 amide bonds. The monoisotopic (exact) mass is 384 g/mol. The van der Waals surface area contributed by atoms with Gasteiger partial charge in [-0.25, -0.2) is 8.42 Å². The standard InChI is InChI=1S/C16H14Cl2N2O3S/c1-10(21)20-7-6-11-2-4-13(9-15(11)20)19-24(22,23)16-8-12(17)3-5-14(16)18/h2-5,8-9,19H,6-7H2,1H3. The lowest BCUT2D eigenvalue weighted by Gasteiger charge is -2.16. The molecule has 2 aromatic rings. The van der Waals surface area contributed by atoms with E-state index in [1.165, 1.54) is 25.1 Å². The van der Waals surface area contributed by atoms with E-state index < -0.39 is 10.0 Å². The van der Waals surface area contributed by atoms with Crippen LogP contribution in [0.5, 0.6) is 0 Å². The number of hydrogen-bond acceptors (Lipinski definition) is 3. The molecule has 5 nitrogen and oxygen atoms in total. The number of anilines is 2. The highest BCUT2D eigenvalue weighted by Crippen LogP contribution is 2.32. The van der Waals surface area contributed by atoms with Gasteiger partial charge in [0.1, 0.15) is 4.90 Å². The van der Waals surface area contributed by atoms with Gasteiger partial charge in [-0.05, 0) is 42.3 Å². The lowest BCUT2D eigenvalue weighted by Crippen LogP contribution is -2.25. The highest BCUT2D eigenvalue weighted by Gasteiger charge is 2.24. The molecule has 0 saturated carbocycles. The maximum absolute atomic E-state index is 12.6. The molecular formula is C16H14Cl2N2O3S. The van der Waals surface area contributed by atoms with Crippen LogP contribution in [0.25, 0.3) is 0 Å². The zero-order valence-electron chi connectivity index (χ0n) is 12.7. The molecule has 0 radical (unpaired) electrons. The molecule has 0 atom stereocenters. The molecule has 0 aromatic heterocycles. The first-order valence-electron chi connectivity index (χ1n) is 7.17. The number of benzene rings is 2. The minimum absolute atomic E-state index is 0.0772. The Balaban J connectivity index is 1.95. The predicted molar refractivity (Wildman–Crippen MR) is 95.4 cm³/mol. The molecule has 1 aliphatic rings. The molecule has 126 valence electrons. The van der Waals surface area contributed by atoms with Crippen molar-refractivity contribution in [3.63, 3.8) is 0 Å². The van der Waals surface area contributed by atoms with E-state index in [2.05, 4.69) is 4.72 Å². The number of fused-ring (bicyclic) bond motifs is 1. The van der Waals surface area contributed by atoms with Gasteiger partial charge in [0.05, 0.1) is 10.7 Å². The third-order valence-corrected chi connectivity index (χ3v) is 5.89. The second-order valence-electron chi connectivity index (χ2n) is 5.44. The minimum atomic E-state index is -3.89. The molecule has 8 heteroatoms. The fourth-order valence-electron chi connectivity index (χ4n) is 2.66. The molecule has 1 aliphatic heterocycles. The molecule has 24 heavy (non-hydrogen) atoms. The van der Waals surface area contributed by atoms with Crippen molar-refractivity contribution in [2.75, 3.05) is 16.2 Å². The summed E-state index contributed by atoms with van der Waals surface area (Å²) in [6.45, 7) is 2.08. The van der Waals surface area contributed by atoms with Crippen molar-refractivity contribution in [3.8, 4) is 0 Å². The lowest BCUT2D eigenvalue weighted by atomic mass is 10.1. The quantitative estimate of drug-likeness (QED) is 0.876. The summed E-state index contributed by atoms with van der Waals surface area (Å²) >= 11 is 11.8. The number of hydrogen-bond donors (Lipinski definition) is 1. The van der Waals surface area contributed by atoms with Crippen molar-refractivity contribution >= 4 is 50.5 Å². The number of rotatable bonds is 3. The van der Waals surface area contributed by atoms with Crippen LogP contribution in [-0.2, 0) is 21.2 Å². The first-order chi connectivity index (χ1) is 11.3. The Morgan fingerprint density at radius 3 is 2.62 bits per heavy atom. The molecule has 2 aromatic carbocycles. The van der Waals surface area contributed by atoms with Gasteiger partial charge < -0.3 is 4.90 Å². The highest BCUT2D eigenvalue weighted by atomic mass is 35.5. The average Bonchev–Trinajstić information content (AvgIpc) is 2.92. The van der Waals surface area contributed by atoms with Gasteiger partial charge in [0, 0.05) is 24.2 Å². The van der Waals surface area contributed by atoms with Gasteiger partial charge in [-0.1, -0.05) is 29.3 Å². The van der Waals surface area contributed by atoms with Crippen LogP contribution in [0.4, 0.5) is 11.4 Å². The number of nitrogens with one attached hydrogen (secondary N) is 1. The largest absolute Gasteiger partial charge is 0.312 e. The Kier molecular flexibility index (Phi) is 4.46. The summed E-state index contributed by atoms with van der Waals surface area (Å²) in [6.07, 6.45) is 0.752. The molecule has 0 unspecified atom stereocenters. The number of carbonyl (C=O) groups is 1. The molecule has 0 aliphatic carbocycles. The summed E-state index contributed by atoms with van der Waals surface area (Å²) in [4.78, 5) is 13.2. The summed E-state index contributed by atoms with van der Waals surface area (Å²) in [6, 6.07) is 9.37. The number of nitrogens with zero attached hydrogens (tertiary/aromatic N) is 1. The van der Waals surface area contributed by atoms with Crippen LogP contribution in [0.3, 0.4) is 0 Å². The highest BCUT2D eigenvalue weighted by molar-refractivity contribution is 7.92. The Morgan fingerprint density at radius 1 is 1.17 bits per heavy atom. The van der Waals surface area contributed by atoms with Crippen molar-refractivity contribution in [1.29, 1.82) is 0 Å². The van der Waals surface area contributed by atoms with Crippen molar-refractivity contribution < 1.29 is 13.2 Å². The van der Waals surface area contributed by atoms with Gasteiger partial charge >= 0.3 is 0 Å². The Hall–Kier alpha value is -1.76. The van der Waals surface area contributed by atoms with Crippen molar-refractivity contribution in [2.45, 2.75) is 18.2 Å². The van der Waals surface area contributed by atoms with E-state index in [0.29, 0.717) is 12.2 Å². The van der Waals surface area contributed by atoms with E-state index in [9.17, 15) is 13.2 Å². The summed E-state index contributed by atoms with van der Waals surface area (Å²) in [5, 5.41) is 0.356.